The quantitative estimate of drug-likeness (QED) is 0.150. The summed E-state index contributed by atoms with van der Waals surface area (Å²) >= 11 is 6.13. The number of aromatic amines is 1. The molecule has 0 aliphatic rings. The molecule has 6 heterocycles. The molecule has 0 aliphatic heterocycles. The molecule has 8 aromatic rings. The van der Waals surface area contributed by atoms with E-state index < -0.39 is 17.9 Å². The number of carboxylic acid groups (broad SMARTS) is 1. The topological polar surface area (TPSA) is 217 Å². The van der Waals surface area contributed by atoms with Gasteiger partial charge in [0.25, 0.3) is 5.91 Å². The van der Waals surface area contributed by atoms with E-state index in [1.54, 1.807) is 43.6 Å². The Kier molecular flexibility index (Phi) is 10.1. The van der Waals surface area contributed by atoms with E-state index in [1.165, 1.54) is 30.5 Å². The molecule has 18 heteroatoms. The summed E-state index contributed by atoms with van der Waals surface area (Å²) in [6.07, 6.45) is 6.68. The molecule has 284 valence electrons. The number of amides is 1. The highest BCUT2D eigenvalue weighted by molar-refractivity contribution is 6.34. The van der Waals surface area contributed by atoms with Crippen LogP contribution in [0.5, 0.6) is 0 Å². The van der Waals surface area contributed by atoms with Crippen LogP contribution in [0.15, 0.2) is 67.8 Å². The predicted molar refractivity (Wildman–Crippen MR) is 207 cm³/mol. The van der Waals surface area contributed by atoms with Crippen LogP contribution in [0.2, 0.25) is 5.02 Å². The van der Waals surface area contributed by atoms with Gasteiger partial charge in [0.2, 0.25) is 5.65 Å². The third kappa shape index (κ3) is 7.06. The van der Waals surface area contributed by atoms with Crippen LogP contribution in [-0.2, 0) is 16.0 Å². The molecule has 2 unspecified atom stereocenters. The van der Waals surface area contributed by atoms with Crippen LogP contribution in [0.1, 0.15) is 70.2 Å². The first kappa shape index (κ1) is 37.4. The van der Waals surface area contributed by atoms with Gasteiger partial charge < -0.3 is 10.4 Å². The minimum Gasteiger partial charge on any atom is -0.478 e. The molecule has 0 radical (unpaired) electrons. The fourth-order valence-electron chi connectivity index (χ4n) is 6.55. The largest absolute Gasteiger partial charge is 0.478 e. The number of benzene rings is 2. The Hall–Kier alpha value is -6.88. The monoisotopic (exact) mass is 773 g/mol. The number of H-pyrrole nitrogens is 1. The lowest BCUT2D eigenvalue weighted by atomic mass is 9.99. The maximum absolute atomic E-state index is 12.8. The van der Waals surface area contributed by atoms with E-state index in [0.29, 0.717) is 45.3 Å². The molecule has 2 atom stereocenters. The van der Waals surface area contributed by atoms with E-state index in [0.717, 1.165) is 39.5 Å². The number of carbonyl (C=O) groups is 3. The number of Topliss-reactive ketones (excluding diaryl/α,β-unsaturated/α-hetero) is 1. The highest BCUT2D eigenvalue weighted by Gasteiger charge is 2.28. The smallest absolute Gasteiger partial charge is 0.335 e. The number of imidazole rings is 2. The summed E-state index contributed by atoms with van der Waals surface area (Å²) in [6.45, 7) is 10.9. The van der Waals surface area contributed by atoms with Crippen LogP contribution in [0.25, 0.3) is 33.7 Å². The molecular weight excluding hydrogens is 738 g/mol. The van der Waals surface area contributed by atoms with Crippen molar-refractivity contribution in [2.24, 2.45) is 0 Å². The standard InChI is InChI=1S/C21H20N8O2.C17H16ClN5O2/c1-11(7-14-5-4-6-15(8-14)21(30)31)18-25-26-20-17(13(3)27-29(18)20)28-10-24-16-12(2)22-9-23-19(16)28;1-9-4-5-12(18)13(6-9)22-17(25)15(11(3)24)23-8-21-14-10(2)19-7-20-16(14)23/h4-6,8-11,27H,7H2,1-3H3,(H,30,31);4-8,15H,1-3H3,(H,22,25). The summed E-state index contributed by atoms with van der Waals surface area (Å²) in [5, 5.41) is 24.5. The summed E-state index contributed by atoms with van der Waals surface area (Å²) in [5.41, 5.74) is 8.93. The van der Waals surface area contributed by atoms with E-state index in [2.05, 4.69) is 50.5 Å². The van der Waals surface area contributed by atoms with Crippen molar-refractivity contribution in [1.82, 2.24) is 58.8 Å². The van der Waals surface area contributed by atoms with E-state index in [1.807, 2.05) is 48.9 Å². The third-order valence-corrected chi connectivity index (χ3v) is 9.61. The van der Waals surface area contributed by atoms with Crippen molar-refractivity contribution < 1.29 is 19.5 Å². The SMILES string of the molecule is CC(=O)C(C(=O)Nc1cc(C)ccc1Cl)n1cnc2c(C)ncnc21.Cc1[nH]n2c(C(C)Cc3cccc(C(=O)O)c3)nnc2c1-n1cnc2c(C)ncnc21. The molecule has 2 aromatic carbocycles. The maximum atomic E-state index is 12.8. The first-order valence-electron chi connectivity index (χ1n) is 17.4. The second-order valence-corrected chi connectivity index (χ2v) is 13.8. The van der Waals surface area contributed by atoms with Gasteiger partial charge in [0.05, 0.1) is 39.7 Å². The van der Waals surface area contributed by atoms with E-state index >= 15 is 0 Å². The Morgan fingerprint density at radius 2 is 1.55 bits per heavy atom. The van der Waals surface area contributed by atoms with Gasteiger partial charge in [-0.2, -0.15) is 0 Å². The zero-order valence-corrected chi connectivity index (χ0v) is 31.9. The summed E-state index contributed by atoms with van der Waals surface area (Å²) < 4.78 is 5.21. The highest BCUT2D eigenvalue weighted by Crippen LogP contribution is 2.28. The van der Waals surface area contributed by atoms with Gasteiger partial charge in [-0.3, -0.25) is 23.8 Å². The number of aromatic nitrogens is 12. The van der Waals surface area contributed by atoms with Crippen LogP contribution in [0.4, 0.5) is 5.69 Å². The molecule has 6 aromatic heterocycles. The number of hydrogen-bond donors (Lipinski definition) is 3. The van der Waals surface area contributed by atoms with Crippen molar-refractivity contribution in [3.63, 3.8) is 0 Å². The van der Waals surface area contributed by atoms with Crippen molar-refractivity contribution in [2.75, 3.05) is 5.32 Å². The zero-order chi connectivity index (χ0) is 39.8. The Bertz CT molecular complexity index is 2800. The molecule has 3 N–H and O–H groups in total. The van der Waals surface area contributed by atoms with E-state index in [-0.39, 0.29) is 17.3 Å². The lowest BCUT2D eigenvalue weighted by molar-refractivity contribution is -0.128. The molecule has 0 aliphatic carbocycles. The fraction of sp³-hybridized carbons (Fsp3) is 0.237. The second kappa shape index (κ2) is 15.1. The average molecular weight is 774 g/mol. The van der Waals surface area contributed by atoms with Gasteiger partial charge >= 0.3 is 5.97 Å². The molecular formula is C38H36ClN13O4. The molecule has 0 fully saturated rings. The van der Waals surface area contributed by atoms with Crippen LogP contribution >= 0.6 is 11.6 Å². The summed E-state index contributed by atoms with van der Waals surface area (Å²) in [5.74, 6) is -1.00. The van der Waals surface area contributed by atoms with Crippen LogP contribution in [0.3, 0.4) is 0 Å². The van der Waals surface area contributed by atoms with Crippen molar-refractivity contribution in [3.05, 3.63) is 112 Å². The Labute approximate surface area is 323 Å². The summed E-state index contributed by atoms with van der Waals surface area (Å²) in [4.78, 5) is 61.7. The molecule has 0 saturated heterocycles. The molecule has 17 nitrogen and oxygen atoms in total. The molecule has 0 saturated carbocycles. The maximum Gasteiger partial charge on any atom is 0.335 e. The lowest BCUT2D eigenvalue weighted by Crippen LogP contribution is -2.31. The first-order chi connectivity index (χ1) is 26.8. The molecule has 0 bridgehead atoms. The van der Waals surface area contributed by atoms with Gasteiger partial charge in [0.1, 0.15) is 35.7 Å². The number of aromatic carboxylic acids is 1. The number of ketones is 1. The number of aryl methyl sites for hydroxylation is 4. The highest BCUT2D eigenvalue weighted by atomic mass is 35.5. The molecule has 56 heavy (non-hydrogen) atoms. The van der Waals surface area contributed by atoms with Crippen molar-refractivity contribution in [3.8, 4) is 5.69 Å². The van der Waals surface area contributed by atoms with Crippen molar-refractivity contribution in [2.45, 2.75) is 59.9 Å². The van der Waals surface area contributed by atoms with Gasteiger partial charge in [0.15, 0.2) is 28.9 Å². The minimum atomic E-state index is -1.10. The second-order valence-electron chi connectivity index (χ2n) is 13.4. The number of rotatable bonds is 9. The van der Waals surface area contributed by atoms with Crippen LogP contribution < -0.4 is 5.32 Å². The van der Waals surface area contributed by atoms with Gasteiger partial charge in [-0.1, -0.05) is 36.7 Å². The Balaban J connectivity index is 0.000000176. The number of halogens is 1. The average Bonchev–Trinajstić information content (AvgIpc) is 3.94. The lowest BCUT2D eigenvalue weighted by Gasteiger charge is -2.17. The Morgan fingerprint density at radius 3 is 2.27 bits per heavy atom. The Morgan fingerprint density at radius 1 is 0.857 bits per heavy atom. The summed E-state index contributed by atoms with van der Waals surface area (Å²) in [7, 11) is 0. The van der Waals surface area contributed by atoms with E-state index in [9.17, 15) is 19.5 Å². The molecule has 1 amide bonds. The number of anilines is 1. The third-order valence-electron chi connectivity index (χ3n) is 9.28. The minimum absolute atomic E-state index is 0.00838. The molecule has 8 rings (SSSR count). The number of fused-ring (bicyclic) bond motifs is 3. The van der Waals surface area contributed by atoms with Crippen LogP contribution in [-0.4, -0.2) is 81.6 Å². The van der Waals surface area contributed by atoms with Crippen molar-refractivity contribution in [1.29, 1.82) is 0 Å². The fourth-order valence-corrected chi connectivity index (χ4v) is 6.71. The summed E-state index contributed by atoms with van der Waals surface area (Å²) in [6, 6.07) is 11.1. The number of carboxylic acids is 1. The van der Waals surface area contributed by atoms with Gasteiger partial charge in [-0.15, -0.1) is 10.2 Å². The number of nitrogens with zero attached hydrogens (tertiary/aromatic N) is 11. The van der Waals surface area contributed by atoms with Gasteiger partial charge in [-0.25, -0.2) is 39.2 Å². The van der Waals surface area contributed by atoms with E-state index in [4.69, 9.17) is 11.6 Å². The van der Waals surface area contributed by atoms with Crippen LogP contribution in [0, 0.1) is 27.7 Å². The van der Waals surface area contributed by atoms with Crippen molar-refractivity contribution >= 4 is 62.9 Å². The first-order valence-corrected chi connectivity index (χ1v) is 17.8. The zero-order valence-electron chi connectivity index (χ0n) is 31.2. The normalized spacial score (nSPS) is 12.4. The van der Waals surface area contributed by atoms with Gasteiger partial charge in [-0.05, 0) is 76.4 Å². The number of hydrogen-bond acceptors (Lipinski definition) is 11. The number of nitrogens with one attached hydrogen (secondary N) is 2. The molecule has 0 spiro atoms. The predicted octanol–water partition coefficient (Wildman–Crippen LogP) is 5.71. The van der Waals surface area contributed by atoms with Gasteiger partial charge in [0, 0.05) is 5.92 Å². The number of carbonyl (C=O) groups excluding carboxylic acids is 2.